The zero-order chi connectivity index (χ0) is 14.6. The van der Waals surface area contributed by atoms with Gasteiger partial charge < -0.3 is 0 Å². The Morgan fingerprint density at radius 3 is 1.47 bits per heavy atom. The molecule has 0 atom stereocenters. The van der Waals surface area contributed by atoms with Gasteiger partial charge in [0.1, 0.15) is 0 Å². The minimum absolute atomic E-state index is 0.899. The van der Waals surface area contributed by atoms with E-state index in [0.717, 1.165) is 22.6 Å². The Hall–Kier alpha value is -1.25. The highest BCUT2D eigenvalue weighted by Crippen LogP contribution is 2.23. The second-order valence-electron chi connectivity index (χ2n) is 3.41. The van der Waals surface area contributed by atoms with Crippen LogP contribution < -0.4 is 0 Å². The van der Waals surface area contributed by atoms with Gasteiger partial charge >= 0.3 is 0 Å². The highest BCUT2D eigenvalue weighted by molar-refractivity contribution is 14.1. The van der Waals surface area contributed by atoms with Crippen LogP contribution in [0.3, 0.4) is 0 Å². The van der Waals surface area contributed by atoms with Gasteiger partial charge in [0, 0.05) is 12.4 Å². The summed E-state index contributed by atoms with van der Waals surface area (Å²) in [5.74, 6) is -9.57. The van der Waals surface area contributed by atoms with E-state index in [-0.39, 0.29) is 0 Å². The minimum Gasteiger partial charge on any atom is -0.265 e. The molecule has 19 heavy (non-hydrogen) atoms. The Labute approximate surface area is 119 Å². The molecule has 0 saturated heterocycles. The van der Waals surface area contributed by atoms with Crippen molar-refractivity contribution in [3.05, 3.63) is 62.7 Å². The van der Waals surface area contributed by atoms with Gasteiger partial charge in [-0.05, 0) is 47.2 Å². The summed E-state index contributed by atoms with van der Waals surface area (Å²) in [4.78, 5) is 3.85. The second-order valence-corrected chi connectivity index (χ2v) is 4.49. The number of nitrogens with zero attached hydrogens (tertiary/aromatic N) is 1. The topological polar surface area (TPSA) is 12.9 Å². The first-order valence-electron chi connectivity index (χ1n) is 4.89. The summed E-state index contributed by atoms with van der Waals surface area (Å²) in [6, 6.07) is 3.94. The van der Waals surface area contributed by atoms with Gasteiger partial charge in [0.25, 0.3) is 0 Å². The summed E-state index contributed by atoms with van der Waals surface area (Å²) in [7, 11) is 0. The molecule has 0 amide bonds. The molecule has 1 nitrogen and oxygen atoms in total. The number of rotatable bonds is 0. The molecular formula is C12H7F5IN. The zero-order valence-corrected chi connectivity index (χ0v) is 11.7. The van der Waals surface area contributed by atoms with E-state index in [9.17, 15) is 22.0 Å². The Balaban J connectivity index is 0.000000218. The van der Waals surface area contributed by atoms with Crippen LogP contribution in [0.25, 0.3) is 0 Å². The second kappa shape index (κ2) is 6.78. The van der Waals surface area contributed by atoms with E-state index < -0.39 is 32.7 Å². The van der Waals surface area contributed by atoms with Crippen LogP contribution in [0.15, 0.2) is 24.5 Å². The molecule has 1 heterocycles. The first-order chi connectivity index (χ1) is 8.86. The quantitative estimate of drug-likeness (QED) is 0.283. The largest absolute Gasteiger partial charge is 0.265 e. The average Bonchev–Trinajstić information content (AvgIpc) is 2.42. The molecule has 1 aromatic heterocycles. The standard InChI is InChI=1S/C6F5I.C6H7N/c7-1-2(8)4(10)6(12)5(11)3(1)9;1-6-2-4-7-5-3-6/h;2-5H,1H3. The molecule has 1 aromatic carbocycles. The van der Waals surface area contributed by atoms with E-state index in [4.69, 9.17) is 0 Å². The van der Waals surface area contributed by atoms with Crippen molar-refractivity contribution in [3.63, 3.8) is 0 Å². The summed E-state index contributed by atoms with van der Waals surface area (Å²) >= 11 is 1.04. The lowest BCUT2D eigenvalue weighted by atomic mass is 10.3. The number of benzene rings is 1. The molecule has 7 heteroatoms. The van der Waals surface area contributed by atoms with Crippen LogP contribution in [0.2, 0.25) is 0 Å². The molecule has 0 aliphatic heterocycles. The number of hydrogen-bond donors (Lipinski definition) is 0. The van der Waals surface area contributed by atoms with Crippen LogP contribution >= 0.6 is 22.6 Å². The van der Waals surface area contributed by atoms with Crippen LogP contribution in [-0.2, 0) is 0 Å². The number of aromatic nitrogens is 1. The SMILES string of the molecule is Cc1ccncc1.Fc1c(F)c(F)c(I)c(F)c1F. The lowest BCUT2D eigenvalue weighted by Crippen LogP contribution is -2.03. The maximum Gasteiger partial charge on any atom is 0.200 e. The van der Waals surface area contributed by atoms with Gasteiger partial charge in [0.05, 0.1) is 3.57 Å². The molecule has 2 aromatic rings. The molecule has 0 radical (unpaired) electrons. The summed E-state index contributed by atoms with van der Waals surface area (Å²) in [5.41, 5.74) is 1.26. The van der Waals surface area contributed by atoms with Gasteiger partial charge in [0.15, 0.2) is 23.3 Å². The van der Waals surface area contributed by atoms with Crippen molar-refractivity contribution in [2.24, 2.45) is 0 Å². The van der Waals surface area contributed by atoms with Crippen molar-refractivity contribution >= 4 is 22.6 Å². The van der Waals surface area contributed by atoms with Crippen molar-refractivity contribution in [1.29, 1.82) is 0 Å². The molecular weight excluding hydrogens is 380 g/mol. The fraction of sp³-hybridized carbons (Fsp3) is 0.0833. The van der Waals surface area contributed by atoms with Crippen LogP contribution in [0.5, 0.6) is 0 Å². The van der Waals surface area contributed by atoms with Gasteiger partial charge in [-0.3, -0.25) is 4.98 Å². The summed E-state index contributed by atoms with van der Waals surface area (Å²) in [6.45, 7) is 2.04. The fourth-order valence-electron chi connectivity index (χ4n) is 1.00. The molecule has 102 valence electrons. The van der Waals surface area contributed by atoms with Crippen LogP contribution in [0, 0.1) is 39.6 Å². The molecule has 0 aliphatic carbocycles. The molecule has 0 fully saturated rings. The van der Waals surface area contributed by atoms with Gasteiger partial charge in [-0.25, -0.2) is 22.0 Å². The maximum absolute atomic E-state index is 12.4. The molecule has 0 unspecified atom stereocenters. The number of hydrogen-bond acceptors (Lipinski definition) is 1. The van der Waals surface area contributed by atoms with E-state index >= 15 is 0 Å². The molecule has 0 spiro atoms. The molecule has 0 N–H and O–H groups in total. The van der Waals surface area contributed by atoms with E-state index in [2.05, 4.69) is 4.98 Å². The van der Waals surface area contributed by atoms with Crippen LogP contribution in [-0.4, -0.2) is 4.98 Å². The Kier molecular flexibility index (Phi) is 5.64. The third-order valence-electron chi connectivity index (χ3n) is 2.00. The summed E-state index contributed by atoms with van der Waals surface area (Å²) < 4.78 is 60.6. The van der Waals surface area contributed by atoms with Crippen molar-refractivity contribution in [2.75, 3.05) is 0 Å². The smallest absolute Gasteiger partial charge is 0.200 e. The Bertz CT molecular complexity index is 469. The van der Waals surface area contributed by atoms with Crippen molar-refractivity contribution in [1.82, 2.24) is 4.98 Å². The van der Waals surface area contributed by atoms with Crippen molar-refractivity contribution < 1.29 is 22.0 Å². The summed E-state index contributed by atoms with van der Waals surface area (Å²) in [6.07, 6.45) is 3.57. The van der Waals surface area contributed by atoms with E-state index in [1.165, 1.54) is 5.56 Å². The first-order valence-corrected chi connectivity index (χ1v) is 5.97. The molecule has 2 rings (SSSR count). The fourth-order valence-corrected chi connectivity index (χ4v) is 1.48. The predicted molar refractivity (Wildman–Crippen MR) is 67.9 cm³/mol. The van der Waals surface area contributed by atoms with Crippen molar-refractivity contribution in [3.8, 4) is 0 Å². The van der Waals surface area contributed by atoms with Gasteiger partial charge in [-0.2, -0.15) is 0 Å². The van der Waals surface area contributed by atoms with E-state index in [0.29, 0.717) is 0 Å². The Morgan fingerprint density at radius 1 is 0.789 bits per heavy atom. The number of halogens is 6. The normalized spacial score (nSPS) is 9.84. The number of aryl methyl sites for hydroxylation is 1. The predicted octanol–water partition coefficient (Wildman–Crippen LogP) is 4.38. The average molecular weight is 387 g/mol. The van der Waals surface area contributed by atoms with E-state index in [1.54, 1.807) is 12.4 Å². The third kappa shape index (κ3) is 3.85. The maximum atomic E-state index is 12.4. The third-order valence-corrected chi connectivity index (χ3v) is 2.95. The van der Waals surface area contributed by atoms with Gasteiger partial charge in [-0.1, -0.05) is 0 Å². The van der Waals surface area contributed by atoms with Crippen LogP contribution in [0.1, 0.15) is 5.56 Å². The van der Waals surface area contributed by atoms with Crippen LogP contribution in [0.4, 0.5) is 22.0 Å². The highest BCUT2D eigenvalue weighted by atomic mass is 127. The highest BCUT2D eigenvalue weighted by Gasteiger charge is 2.23. The minimum atomic E-state index is -2.13. The molecule has 0 bridgehead atoms. The van der Waals surface area contributed by atoms with Crippen molar-refractivity contribution in [2.45, 2.75) is 6.92 Å². The molecule has 0 aliphatic rings. The van der Waals surface area contributed by atoms with Gasteiger partial charge in [0.2, 0.25) is 5.82 Å². The molecule has 0 saturated carbocycles. The number of pyridine rings is 1. The van der Waals surface area contributed by atoms with Gasteiger partial charge in [-0.15, -0.1) is 0 Å². The lowest BCUT2D eigenvalue weighted by molar-refractivity contribution is 0.373. The zero-order valence-electron chi connectivity index (χ0n) is 9.52. The first kappa shape index (κ1) is 15.8. The monoisotopic (exact) mass is 387 g/mol. The summed E-state index contributed by atoms with van der Waals surface area (Å²) in [5, 5.41) is 0. The lowest BCUT2D eigenvalue weighted by Gasteiger charge is -2.00. The Morgan fingerprint density at radius 2 is 1.16 bits per heavy atom. The van der Waals surface area contributed by atoms with E-state index in [1.807, 2.05) is 19.1 Å².